The molecule has 29 heavy (non-hydrogen) atoms. The van der Waals surface area contributed by atoms with Crippen molar-refractivity contribution in [2.75, 3.05) is 25.0 Å². The average Bonchev–Trinajstić information content (AvgIpc) is 3.34. The molecule has 4 rings (SSSR count). The van der Waals surface area contributed by atoms with Gasteiger partial charge in [-0.15, -0.1) is 11.3 Å². The number of ether oxygens (including phenoxy) is 1. The smallest absolute Gasteiger partial charge is 0.221 e. The van der Waals surface area contributed by atoms with E-state index in [-0.39, 0.29) is 12.0 Å². The lowest BCUT2D eigenvalue weighted by Gasteiger charge is -2.12. The van der Waals surface area contributed by atoms with Gasteiger partial charge in [-0.25, -0.2) is 9.97 Å². The third-order valence-corrected chi connectivity index (χ3v) is 6.21. The number of hydrogen-bond donors (Lipinski definition) is 2. The van der Waals surface area contributed by atoms with Crippen LogP contribution in [-0.2, 0) is 9.53 Å². The maximum Gasteiger partial charge on any atom is 0.221 e. The fraction of sp³-hybridized carbons (Fsp3) is 0.409. The lowest BCUT2D eigenvalue weighted by atomic mass is 10.0. The van der Waals surface area contributed by atoms with Crippen LogP contribution in [0.2, 0.25) is 0 Å². The standard InChI is InChI=1S/C22H26N4O2S/c1-14-5-7-16(8-6-14)19-15(2)29-22-20(19)21(25-13-26-22)23-10-9-18(27)24-12-17-4-3-11-28-17/h5-8,13,17H,3-4,9-12H2,1-2H3,(H,24,27)(H,23,25,26). The van der Waals surface area contributed by atoms with Gasteiger partial charge in [0.2, 0.25) is 5.91 Å². The highest BCUT2D eigenvalue weighted by Gasteiger charge is 2.18. The van der Waals surface area contributed by atoms with E-state index in [0.717, 1.165) is 46.6 Å². The second kappa shape index (κ2) is 8.88. The molecule has 6 nitrogen and oxygen atoms in total. The molecule has 3 heterocycles. The number of aryl methyl sites for hydroxylation is 2. The normalized spacial score (nSPS) is 16.3. The van der Waals surface area contributed by atoms with E-state index in [0.29, 0.717) is 19.5 Å². The van der Waals surface area contributed by atoms with Crippen LogP contribution in [-0.4, -0.2) is 41.7 Å². The average molecular weight is 411 g/mol. The van der Waals surface area contributed by atoms with Gasteiger partial charge in [-0.05, 0) is 32.3 Å². The molecule has 7 heteroatoms. The van der Waals surface area contributed by atoms with Crippen LogP contribution in [0.3, 0.4) is 0 Å². The van der Waals surface area contributed by atoms with Gasteiger partial charge in [0.1, 0.15) is 17.0 Å². The first kappa shape index (κ1) is 19.8. The molecular weight excluding hydrogens is 384 g/mol. The number of aromatic nitrogens is 2. The quantitative estimate of drug-likeness (QED) is 0.614. The van der Waals surface area contributed by atoms with Crippen LogP contribution in [0.5, 0.6) is 0 Å². The molecule has 1 atom stereocenters. The Balaban J connectivity index is 1.46. The largest absolute Gasteiger partial charge is 0.376 e. The number of thiophene rings is 1. The molecule has 1 saturated heterocycles. The Hall–Kier alpha value is -2.51. The minimum Gasteiger partial charge on any atom is -0.376 e. The Labute approximate surface area is 174 Å². The summed E-state index contributed by atoms with van der Waals surface area (Å²) >= 11 is 1.67. The van der Waals surface area contributed by atoms with E-state index in [1.54, 1.807) is 17.7 Å². The lowest BCUT2D eigenvalue weighted by molar-refractivity contribution is -0.121. The third-order valence-electron chi connectivity index (χ3n) is 5.20. The number of rotatable bonds is 7. The van der Waals surface area contributed by atoms with E-state index in [1.165, 1.54) is 10.4 Å². The summed E-state index contributed by atoms with van der Waals surface area (Å²) in [6, 6.07) is 8.51. The highest BCUT2D eigenvalue weighted by atomic mass is 32.1. The highest BCUT2D eigenvalue weighted by Crippen LogP contribution is 2.40. The molecule has 152 valence electrons. The summed E-state index contributed by atoms with van der Waals surface area (Å²) in [7, 11) is 0. The Morgan fingerprint density at radius 2 is 2.07 bits per heavy atom. The molecule has 1 aromatic carbocycles. The van der Waals surface area contributed by atoms with Gasteiger partial charge in [-0.3, -0.25) is 4.79 Å². The number of anilines is 1. The minimum absolute atomic E-state index is 0.0264. The summed E-state index contributed by atoms with van der Waals surface area (Å²) in [6.45, 7) is 6.12. The predicted octanol–water partition coefficient (Wildman–Crippen LogP) is 4.07. The van der Waals surface area contributed by atoms with E-state index in [4.69, 9.17) is 4.74 Å². The molecule has 1 fully saturated rings. The zero-order valence-electron chi connectivity index (χ0n) is 16.8. The van der Waals surface area contributed by atoms with Crippen molar-refractivity contribution < 1.29 is 9.53 Å². The van der Waals surface area contributed by atoms with Crippen molar-refractivity contribution in [3.8, 4) is 11.1 Å². The maximum absolute atomic E-state index is 12.1. The van der Waals surface area contributed by atoms with E-state index in [1.807, 2.05) is 0 Å². The SMILES string of the molecule is Cc1ccc(-c2c(C)sc3ncnc(NCCC(=O)NCC4CCCO4)c23)cc1. The van der Waals surface area contributed by atoms with Crippen LogP contribution in [0.15, 0.2) is 30.6 Å². The lowest BCUT2D eigenvalue weighted by Crippen LogP contribution is -2.32. The van der Waals surface area contributed by atoms with Crippen molar-refractivity contribution >= 4 is 33.3 Å². The number of hydrogen-bond acceptors (Lipinski definition) is 6. The van der Waals surface area contributed by atoms with E-state index < -0.39 is 0 Å². The first-order valence-electron chi connectivity index (χ1n) is 10.0. The van der Waals surface area contributed by atoms with Crippen molar-refractivity contribution in [3.63, 3.8) is 0 Å². The molecule has 0 spiro atoms. The number of nitrogens with one attached hydrogen (secondary N) is 2. The molecule has 3 aromatic rings. The molecule has 1 amide bonds. The molecule has 1 aliphatic rings. The number of benzene rings is 1. The predicted molar refractivity (Wildman–Crippen MR) is 117 cm³/mol. The van der Waals surface area contributed by atoms with Gasteiger partial charge in [0.05, 0.1) is 11.5 Å². The summed E-state index contributed by atoms with van der Waals surface area (Å²) in [4.78, 5) is 23.2. The number of carbonyl (C=O) groups excluding carboxylic acids is 1. The topological polar surface area (TPSA) is 76.1 Å². The zero-order chi connectivity index (χ0) is 20.2. The van der Waals surface area contributed by atoms with Crippen LogP contribution < -0.4 is 10.6 Å². The van der Waals surface area contributed by atoms with Gasteiger partial charge in [0.25, 0.3) is 0 Å². The zero-order valence-corrected chi connectivity index (χ0v) is 17.6. The van der Waals surface area contributed by atoms with E-state index >= 15 is 0 Å². The van der Waals surface area contributed by atoms with E-state index in [9.17, 15) is 4.79 Å². The molecule has 1 unspecified atom stereocenters. The van der Waals surface area contributed by atoms with Gasteiger partial charge >= 0.3 is 0 Å². The molecule has 0 bridgehead atoms. The molecule has 2 aromatic heterocycles. The number of carbonyl (C=O) groups is 1. The van der Waals surface area contributed by atoms with Gasteiger partial charge in [0.15, 0.2) is 0 Å². The maximum atomic E-state index is 12.1. The van der Waals surface area contributed by atoms with E-state index in [2.05, 4.69) is 58.7 Å². The Morgan fingerprint density at radius 1 is 1.24 bits per heavy atom. The first-order chi connectivity index (χ1) is 14.1. The van der Waals surface area contributed by atoms with Crippen LogP contribution in [0.4, 0.5) is 5.82 Å². The minimum atomic E-state index is 0.0264. The number of fused-ring (bicyclic) bond motifs is 1. The Morgan fingerprint density at radius 3 is 2.83 bits per heavy atom. The van der Waals surface area contributed by atoms with Crippen molar-refractivity contribution in [2.24, 2.45) is 0 Å². The number of amides is 1. The summed E-state index contributed by atoms with van der Waals surface area (Å²) in [5, 5.41) is 7.33. The van der Waals surface area contributed by atoms with Crippen molar-refractivity contribution in [1.29, 1.82) is 0 Å². The molecular formula is C22H26N4O2S. The first-order valence-corrected chi connectivity index (χ1v) is 10.9. The summed E-state index contributed by atoms with van der Waals surface area (Å²) in [5.41, 5.74) is 3.55. The van der Waals surface area contributed by atoms with Gasteiger partial charge < -0.3 is 15.4 Å². The monoisotopic (exact) mass is 410 g/mol. The number of nitrogens with zero attached hydrogens (tertiary/aromatic N) is 2. The fourth-order valence-corrected chi connectivity index (χ4v) is 4.67. The fourth-order valence-electron chi connectivity index (χ4n) is 3.66. The second-order valence-electron chi connectivity index (χ2n) is 7.42. The van der Waals surface area contributed by atoms with Crippen LogP contribution >= 0.6 is 11.3 Å². The third kappa shape index (κ3) is 4.57. The van der Waals surface area contributed by atoms with Gasteiger partial charge in [-0.1, -0.05) is 29.8 Å². The van der Waals surface area contributed by atoms with Gasteiger partial charge in [-0.2, -0.15) is 0 Å². The summed E-state index contributed by atoms with van der Waals surface area (Å²) in [5.74, 6) is 0.806. The van der Waals surface area contributed by atoms with Crippen molar-refractivity contribution in [2.45, 2.75) is 39.2 Å². The highest BCUT2D eigenvalue weighted by molar-refractivity contribution is 7.19. The molecule has 0 aliphatic carbocycles. The Kier molecular flexibility index (Phi) is 6.06. The van der Waals surface area contributed by atoms with Crippen LogP contribution in [0, 0.1) is 13.8 Å². The summed E-state index contributed by atoms with van der Waals surface area (Å²) in [6.07, 6.45) is 4.24. The summed E-state index contributed by atoms with van der Waals surface area (Å²) < 4.78 is 5.54. The second-order valence-corrected chi connectivity index (χ2v) is 8.62. The molecule has 0 radical (unpaired) electrons. The van der Waals surface area contributed by atoms with Crippen molar-refractivity contribution in [1.82, 2.24) is 15.3 Å². The Bertz CT molecular complexity index is 994. The van der Waals surface area contributed by atoms with Crippen molar-refractivity contribution in [3.05, 3.63) is 41.0 Å². The molecule has 2 N–H and O–H groups in total. The molecule has 1 aliphatic heterocycles. The van der Waals surface area contributed by atoms with Gasteiger partial charge in [0, 0.05) is 36.6 Å². The molecule has 0 saturated carbocycles. The van der Waals surface area contributed by atoms with Crippen LogP contribution in [0.25, 0.3) is 21.3 Å². The van der Waals surface area contributed by atoms with Crippen LogP contribution in [0.1, 0.15) is 29.7 Å².